The molecule has 2 aromatic carbocycles. The molecule has 2 aromatic heterocycles. The van der Waals surface area contributed by atoms with Crippen LogP contribution in [0.4, 0.5) is 26.3 Å². The fraction of sp³-hybridized carbons (Fsp3) is 0.350. The smallest absolute Gasteiger partial charge is 0.251 e. The number of carbonyl (C=O) groups excluding carboxylic acids is 4. The zero-order chi connectivity index (χ0) is 41.0. The Hall–Kier alpha value is -5.84. The zero-order valence-corrected chi connectivity index (χ0v) is 30.3. The highest BCUT2D eigenvalue weighted by molar-refractivity contribution is 5.98. The zero-order valence-electron chi connectivity index (χ0n) is 30.3. The second-order valence-corrected chi connectivity index (χ2v) is 12.2. The predicted molar refractivity (Wildman–Crippen MR) is 198 cm³/mol. The van der Waals surface area contributed by atoms with Gasteiger partial charge in [0.05, 0.1) is 12.1 Å². The Labute approximate surface area is 326 Å². The van der Waals surface area contributed by atoms with Crippen molar-refractivity contribution in [3.63, 3.8) is 0 Å². The number of nitrogens with one attached hydrogen (secondary N) is 2. The number of nitrogens with two attached hydrogens (primary N) is 1. The van der Waals surface area contributed by atoms with Crippen molar-refractivity contribution in [1.82, 2.24) is 20.6 Å². The molecule has 11 nitrogen and oxygen atoms in total. The van der Waals surface area contributed by atoms with Gasteiger partial charge in [-0.3, -0.25) is 29.1 Å². The molecule has 2 heterocycles. The average molecular weight is 806 g/mol. The molecule has 0 unspecified atom stereocenters. The average Bonchev–Trinajstić information content (AvgIpc) is 3.20. The quantitative estimate of drug-likeness (QED) is 0.0494. The molecule has 4 rings (SSSR count). The molecule has 0 aliphatic carbocycles. The highest BCUT2D eigenvalue weighted by atomic mass is 19.2. The summed E-state index contributed by atoms with van der Waals surface area (Å²) >= 11 is 0. The van der Waals surface area contributed by atoms with Crippen molar-refractivity contribution in [2.75, 3.05) is 19.8 Å². The van der Waals surface area contributed by atoms with Crippen molar-refractivity contribution in [2.24, 2.45) is 5.73 Å². The summed E-state index contributed by atoms with van der Waals surface area (Å²) in [6, 6.07) is 6.75. The van der Waals surface area contributed by atoms with Gasteiger partial charge in [0, 0.05) is 35.9 Å². The first-order chi connectivity index (χ1) is 26.9. The molecule has 0 fully saturated rings. The first-order valence-corrected chi connectivity index (χ1v) is 17.6. The van der Waals surface area contributed by atoms with Crippen molar-refractivity contribution < 1.29 is 55.0 Å². The largest absolute Gasteiger partial charge is 0.480 e. The molecular weight excluding hydrogens is 760 g/mol. The van der Waals surface area contributed by atoms with Crippen LogP contribution in [-0.2, 0) is 9.59 Å². The lowest BCUT2D eigenvalue weighted by atomic mass is 10.0. The van der Waals surface area contributed by atoms with Gasteiger partial charge >= 0.3 is 0 Å². The van der Waals surface area contributed by atoms with E-state index in [0.717, 1.165) is 12.8 Å². The maximum Gasteiger partial charge on any atom is 0.251 e. The molecule has 0 spiro atoms. The highest BCUT2D eigenvalue weighted by Gasteiger charge is 2.25. The molecule has 17 heteroatoms. The molecule has 0 radical (unpaired) electrons. The van der Waals surface area contributed by atoms with Gasteiger partial charge in [-0.15, -0.1) is 0 Å². The Morgan fingerprint density at radius 3 is 1.33 bits per heavy atom. The van der Waals surface area contributed by atoms with Crippen LogP contribution in [0.1, 0.15) is 80.0 Å². The third kappa shape index (κ3) is 15.0. The Morgan fingerprint density at radius 1 is 0.596 bits per heavy atom. The Balaban J connectivity index is 0.000000387. The van der Waals surface area contributed by atoms with Crippen LogP contribution >= 0.6 is 0 Å². The van der Waals surface area contributed by atoms with E-state index in [0.29, 0.717) is 67.6 Å². The van der Waals surface area contributed by atoms with E-state index in [9.17, 15) is 45.5 Å². The number of Topliss-reactive ketones (excluding diaryl/α,β-unsaturated/α-hetero) is 2. The number of ether oxygens (including phenoxy) is 2. The van der Waals surface area contributed by atoms with E-state index in [4.69, 9.17) is 15.2 Å². The molecule has 0 saturated heterocycles. The fourth-order valence-electron chi connectivity index (χ4n) is 4.98. The van der Waals surface area contributed by atoms with Crippen LogP contribution in [-0.4, -0.2) is 65.2 Å². The van der Waals surface area contributed by atoms with Crippen molar-refractivity contribution >= 4 is 23.4 Å². The number of nitrogens with zero attached hydrogens (tertiary/aromatic N) is 2. The molecule has 57 heavy (non-hydrogen) atoms. The standard InChI is InChI=1S/C20H21F3N2O3.C19H20F3N3O3.CH4/c1-2-3-4-5-16(25-20(27)13-8-10-24-11-9-13)17(26)12-28-19-15(22)7-6-14(21)18(19)23;20-13-4-5-14(21)18(17(13)22)28-11-16(26)15(3-1-2-8-23)25-19(27)12-6-9-24-10-7-12;/h6-11,16H,2-5,12H2,1H3,(H,25,27);4-7,9-10,15H,1-3,8,11,23H2,(H,25,27);1H4/t16-;15-;/m00./s1. The van der Waals surface area contributed by atoms with Gasteiger partial charge in [-0.05, 0) is 80.8 Å². The Kier molecular flexibility index (Phi) is 20.4. The summed E-state index contributed by atoms with van der Waals surface area (Å²) in [5.74, 6) is -11.9. The van der Waals surface area contributed by atoms with Gasteiger partial charge in [0.1, 0.15) is 13.2 Å². The number of hydrogen-bond acceptors (Lipinski definition) is 9. The summed E-state index contributed by atoms with van der Waals surface area (Å²) in [6.45, 7) is 0.965. The maximum atomic E-state index is 13.7. The number of unbranched alkanes of at least 4 members (excludes halogenated alkanes) is 3. The molecule has 0 bridgehead atoms. The first kappa shape index (κ1) is 47.3. The van der Waals surface area contributed by atoms with Crippen molar-refractivity contribution in [3.05, 3.63) is 119 Å². The lowest BCUT2D eigenvalue weighted by molar-refractivity contribution is -0.123. The van der Waals surface area contributed by atoms with Crippen LogP contribution in [0, 0.1) is 34.9 Å². The molecule has 2 atom stereocenters. The fourth-order valence-corrected chi connectivity index (χ4v) is 4.98. The number of amides is 2. The summed E-state index contributed by atoms with van der Waals surface area (Å²) in [5.41, 5.74) is 6.07. The van der Waals surface area contributed by atoms with Crippen LogP contribution in [0.5, 0.6) is 11.5 Å². The number of rotatable bonds is 20. The van der Waals surface area contributed by atoms with Crippen molar-refractivity contribution in [1.29, 1.82) is 0 Å². The van der Waals surface area contributed by atoms with E-state index >= 15 is 0 Å². The van der Waals surface area contributed by atoms with Crippen LogP contribution in [0.2, 0.25) is 0 Å². The molecular formula is C40H45F6N5O6. The molecule has 308 valence electrons. The number of carbonyl (C=O) groups is 4. The third-order valence-corrected chi connectivity index (χ3v) is 8.04. The molecule has 4 N–H and O–H groups in total. The molecule has 0 aliphatic heterocycles. The summed E-state index contributed by atoms with van der Waals surface area (Å²) in [5, 5.41) is 5.18. The molecule has 0 aliphatic rings. The van der Waals surface area contributed by atoms with Gasteiger partial charge in [0.15, 0.2) is 46.3 Å². The first-order valence-electron chi connectivity index (χ1n) is 17.6. The highest BCUT2D eigenvalue weighted by Crippen LogP contribution is 2.25. The van der Waals surface area contributed by atoms with Gasteiger partial charge in [0.2, 0.25) is 11.6 Å². The van der Waals surface area contributed by atoms with Gasteiger partial charge in [-0.1, -0.05) is 33.6 Å². The minimum Gasteiger partial charge on any atom is -0.480 e. The molecule has 2 amide bonds. The van der Waals surface area contributed by atoms with Crippen LogP contribution in [0.25, 0.3) is 0 Å². The summed E-state index contributed by atoms with van der Waals surface area (Å²) in [6.07, 6.45) is 9.98. The number of pyridine rings is 2. The normalized spacial score (nSPS) is 11.5. The third-order valence-electron chi connectivity index (χ3n) is 8.04. The molecule has 4 aromatic rings. The van der Waals surface area contributed by atoms with Crippen LogP contribution in [0.15, 0.2) is 73.3 Å². The number of ketones is 2. The minimum atomic E-state index is -1.52. The van der Waals surface area contributed by atoms with E-state index in [1.807, 2.05) is 6.92 Å². The van der Waals surface area contributed by atoms with E-state index in [2.05, 4.69) is 20.6 Å². The lowest BCUT2D eigenvalue weighted by Gasteiger charge is -2.18. The summed E-state index contributed by atoms with van der Waals surface area (Å²) in [7, 11) is 0. The number of benzene rings is 2. The van der Waals surface area contributed by atoms with E-state index in [-0.39, 0.29) is 13.8 Å². The summed E-state index contributed by atoms with van der Waals surface area (Å²) in [4.78, 5) is 57.2. The van der Waals surface area contributed by atoms with E-state index in [1.54, 1.807) is 0 Å². The predicted octanol–water partition coefficient (Wildman–Crippen LogP) is 6.84. The molecule has 0 saturated carbocycles. The van der Waals surface area contributed by atoms with Crippen LogP contribution in [0.3, 0.4) is 0 Å². The van der Waals surface area contributed by atoms with Crippen LogP contribution < -0.4 is 25.8 Å². The lowest BCUT2D eigenvalue weighted by Crippen LogP contribution is -2.43. The Morgan fingerprint density at radius 2 is 0.965 bits per heavy atom. The van der Waals surface area contributed by atoms with Gasteiger partial charge in [0.25, 0.3) is 11.8 Å². The van der Waals surface area contributed by atoms with Gasteiger partial charge in [-0.2, -0.15) is 8.78 Å². The second-order valence-electron chi connectivity index (χ2n) is 12.2. The number of aromatic nitrogens is 2. The maximum absolute atomic E-state index is 13.7. The van der Waals surface area contributed by atoms with Crippen molar-refractivity contribution in [3.8, 4) is 11.5 Å². The van der Waals surface area contributed by atoms with E-state index in [1.165, 1.54) is 49.1 Å². The van der Waals surface area contributed by atoms with Gasteiger partial charge in [-0.25, -0.2) is 17.6 Å². The second kappa shape index (κ2) is 24.6. The van der Waals surface area contributed by atoms with Gasteiger partial charge < -0.3 is 25.8 Å². The van der Waals surface area contributed by atoms with E-state index < -0.39 is 95.1 Å². The van der Waals surface area contributed by atoms with Crippen molar-refractivity contribution in [2.45, 2.75) is 71.4 Å². The Bertz CT molecular complexity index is 1770. The topological polar surface area (TPSA) is 163 Å². The monoisotopic (exact) mass is 805 g/mol. The summed E-state index contributed by atoms with van der Waals surface area (Å²) < 4.78 is 90.8. The SMILES string of the molecule is C.CCCCC[C@H](NC(=O)c1ccncc1)C(=O)COc1c(F)ccc(F)c1F.NCCCC[C@H](NC(=O)c1ccncc1)C(=O)COc1c(F)ccc(F)c1F. The number of halogens is 6. The minimum absolute atomic E-state index is 0. The number of hydrogen-bond donors (Lipinski definition) is 3.